The van der Waals surface area contributed by atoms with E-state index in [1.54, 1.807) is 11.6 Å². The number of hydrogen-bond donors (Lipinski definition) is 0. The first kappa shape index (κ1) is 15.6. The summed E-state index contributed by atoms with van der Waals surface area (Å²) >= 11 is 2.31. The van der Waals surface area contributed by atoms with Crippen molar-refractivity contribution in [2.45, 2.75) is 18.2 Å². The summed E-state index contributed by atoms with van der Waals surface area (Å²) in [5.74, 6) is -0.680. The molecule has 0 saturated carbocycles. The molecular formula is C9H11ClO5S3. The molecule has 5 nitrogen and oxygen atoms in total. The predicted molar refractivity (Wildman–Crippen MR) is 72.1 cm³/mol. The predicted octanol–water partition coefficient (Wildman–Crippen LogP) is 2.90. The smallest absolute Gasteiger partial charge is 0.401 e. The van der Waals surface area contributed by atoms with Crippen molar-refractivity contribution in [2.24, 2.45) is 0 Å². The highest BCUT2D eigenvalue weighted by Gasteiger charge is 2.24. The maximum atomic E-state index is 11.7. The lowest BCUT2D eigenvalue weighted by Gasteiger charge is -2.05. The standard InChI is InChI=1S/C9H11ClO5S3/c1-3-4-14-9(11)8-7(15-18(10,12)13)6(16-2)5-17-8/h5H,3-4H2,1-2H3. The van der Waals surface area contributed by atoms with Crippen molar-refractivity contribution in [2.75, 3.05) is 12.9 Å². The van der Waals surface area contributed by atoms with Gasteiger partial charge in [-0.25, -0.2) is 4.79 Å². The molecule has 0 spiro atoms. The van der Waals surface area contributed by atoms with Gasteiger partial charge in [0.15, 0.2) is 10.6 Å². The molecule has 1 rings (SSSR count). The zero-order chi connectivity index (χ0) is 13.8. The van der Waals surface area contributed by atoms with Crippen LogP contribution in [0.25, 0.3) is 0 Å². The van der Waals surface area contributed by atoms with E-state index in [0.717, 1.165) is 11.3 Å². The van der Waals surface area contributed by atoms with Crippen LogP contribution in [0.4, 0.5) is 0 Å². The summed E-state index contributed by atoms with van der Waals surface area (Å²) in [7, 11) is 0.829. The topological polar surface area (TPSA) is 69.7 Å². The Hall–Kier alpha value is -0.440. The lowest BCUT2D eigenvalue weighted by molar-refractivity contribution is 0.0509. The van der Waals surface area contributed by atoms with E-state index in [1.807, 2.05) is 6.92 Å². The molecule has 0 bridgehead atoms. The maximum Gasteiger partial charge on any atom is 0.401 e. The molecule has 9 heteroatoms. The monoisotopic (exact) mass is 330 g/mol. The van der Waals surface area contributed by atoms with Crippen molar-refractivity contribution >= 4 is 49.1 Å². The molecular weight excluding hydrogens is 320 g/mol. The molecule has 0 atom stereocenters. The fourth-order valence-electron chi connectivity index (χ4n) is 1.05. The number of halogens is 1. The Balaban J connectivity index is 3.05. The number of hydrogen-bond acceptors (Lipinski definition) is 7. The van der Waals surface area contributed by atoms with Crippen LogP contribution in [0.15, 0.2) is 10.3 Å². The fourth-order valence-corrected chi connectivity index (χ4v) is 3.39. The summed E-state index contributed by atoms with van der Waals surface area (Å²) in [6, 6.07) is 0. The van der Waals surface area contributed by atoms with Crippen LogP contribution in [0, 0.1) is 0 Å². The van der Waals surface area contributed by atoms with Crippen molar-refractivity contribution in [3.8, 4) is 5.75 Å². The van der Waals surface area contributed by atoms with Crippen LogP contribution >= 0.6 is 33.8 Å². The summed E-state index contributed by atoms with van der Waals surface area (Å²) in [4.78, 5) is 12.3. The Morgan fingerprint density at radius 3 is 2.72 bits per heavy atom. The molecule has 0 fully saturated rings. The molecule has 0 aliphatic heterocycles. The molecule has 0 unspecified atom stereocenters. The Kier molecular flexibility index (Phi) is 5.77. The van der Waals surface area contributed by atoms with Crippen LogP contribution in [-0.4, -0.2) is 27.2 Å². The third-order valence-electron chi connectivity index (χ3n) is 1.74. The molecule has 0 aliphatic rings. The highest BCUT2D eigenvalue weighted by atomic mass is 35.7. The number of carbonyl (C=O) groups is 1. The molecule has 18 heavy (non-hydrogen) atoms. The number of ether oxygens (including phenoxy) is 1. The van der Waals surface area contributed by atoms with E-state index >= 15 is 0 Å². The minimum atomic E-state index is -4.20. The van der Waals surface area contributed by atoms with Crippen LogP contribution in [-0.2, 0) is 14.1 Å². The first-order valence-corrected chi connectivity index (χ1v) is 9.19. The number of esters is 1. The van der Waals surface area contributed by atoms with E-state index in [1.165, 1.54) is 11.8 Å². The van der Waals surface area contributed by atoms with Crippen molar-refractivity contribution < 1.29 is 22.1 Å². The average Bonchev–Trinajstić information content (AvgIpc) is 2.66. The van der Waals surface area contributed by atoms with Crippen LogP contribution in [0.1, 0.15) is 23.0 Å². The summed E-state index contributed by atoms with van der Waals surface area (Å²) in [6.07, 6.45) is 2.41. The minimum absolute atomic E-state index is 0.0661. The molecule has 1 aromatic heterocycles. The Morgan fingerprint density at radius 2 is 2.22 bits per heavy atom. The van der Waals surface area contributed by atoms with Gasteiger partial charge >= 0.3 is 15.3 Å². The SMILES string of the molecule is CCCOC(=O)c1scc(SC)c1OS(=O)(=O)Cl. The van der Waals surface area contributed by atoms with Gasteiger partial charge in [-0.3, -0.25) is 0 Å². The quantitative estimate of drug-likeness (QED) is 0.454. The number of carbonyl (C=O) groups excluding carboxylic acids is 1. The van der Waals surface area contributed by atoms with Gasteiger partial charge in [0, 0.05) is 5.38 Å². The molecule has 0 saturated heterocycles. The van der Waals surface area contributed by atoms with Crippen molar-refractivity contribution in [1.82, 2.24) is 0 Å². The molecule has 0 radical (unpaired) electrons. The van der Waals surface area contributed by atoms with E-state index in [4.69, 9.17) is 15.4 Å². The Morgan fingerprint density at radius 1 is 1.56 bits per heavy atom. The van der Waals surface area contributed by atoms with Gasteiger partial charge < -0.3 is 8.92 Å². The first-order valence-electron chi connectivity index (χ1n) is 4.85. The average molecular weight is 331 g/mol. The third-order valence-corrected chi connectivity index (χ3v) is 4.13. The fraction of sp³-hybridized carbons (Fsp3) is 0.444. The number of thioether (sulfide) groups is 1. The molecule has 0 N–H and O–H groups in total. The van der Waals surface area contributed by atoms with E-state index in [9.17, 15) is 13.2 Å². The second-order valence-electron chi connectivity index (χ2n) is 3.07. The number of thiophene rings is 1. The van der Waals surface area contributed by atoms with Crippen LogP contribution in [0.3, 0.4) is 0 Å². The molecule has 1 heterocycles. The van der Waals surface area contributed by atoms with E-state index in [2.05, 4.69) is 4.18 Å². The van der Waals surface area contributed by atoms with E-state index in [-0.39, 0.29) is 17.2 Å². The molecule has 0 amide bonds. The van der Waals surface area contributed by atoms with Gasteiger partial charge in [-0.2, -0.15) is 8.42 Å². The maximum absolute atomic E-state index is 11.7. The lowest BCUT2D eigenvalue weighted by atomic mass is 10.4. The van der Waals surface area contributed by atoms with Gasteiger partial charge in [0.25, 0.3) is 0 Å². The third kappa shape index (κ3) is 4.34. The van der Waals surface area contributed by atoms with Crippen LogP contribution < -0.4 is 4.18 Å². The van der Waals surface area contributed by atoms with Gasteiger partial charge in [0.1, 0.15) is 0 Å². The highest BCUT2D eigenvalue weighted by Crippen LogP contribution is 2.38. The normalized spacial score (nSPS) is 11.3. The molecule has 102 valence electrons. The second kappa shape index (κ2) is 6.65. The van der Waals surface area contributed by atoms with Crippen LogP contribution in [0.2, 0.25) is 0 Å². The van der Waals surface area contributed by atoms with Crippen molar-refractivity contribution in [1.29, 1.82) is 0 Å². The van der Waals surface area contributed by atoms with Gasteiger partial charge in [-0.05, 0) is 12.7 Å². The second-order valence-corrected chi connectivity index (χ2v) is 6.89. The van der Waals surface area contributed by atoms with Gasteiger partial charge in [0.05, 0.1) is 22.2 Å². The first-order chi connectivity index (χ1) is 8.39. The Bertz CT molecular complexity index is 522. The molecule has 0 aliphatic carbocycles. The highest BCUT2D eigenvalue weighted by molar-refractivity contribution is 8.10. The van der Waals surface area contributed by atoms with E-state index in [0.29, 0.717) is 11.3 Å². The summed E-state index contributed by atoms with van der Waals surface area (Å²) < 4.78 is 31.4. The van der Waals surface area contributed by atoms with Crippen molar-refractivity contribution in [3.05, 3.63) is 10.3 Å². The minimum Gasteiger partial charge on any atom is -0.461 e. The lowest BCUT2D eigenvalue weighted by Crippen LogP contribution is -2.08. The summed E-state index contributed by atoms with van der Waals surface area (Å²) in [5.41, 5.74) is 0. The van der Waals surface area contributed by atoms with Gasteiger partial charge in [-0.15, -0.1) is 23.1 Å². The molecule has 0 aromatic carbocycles. The molecule has 1 aromatic rings. The zero-order valence-electron chi connectivity index (χ0n) is 9.64. The Labute approximate surface area is 118 Å². The summed E-state index contributed by atoms with van der Waals surface area (Å²) in [6.45, 7) is 2.12. The van der Waals surface area contributed by atoms with Crippen LogP contribution in [0.5, 0.6) is 5.75 Å². The number of rotatable bonds is 6. The van der Waals surface area contributed by atoms with Gasteiger partial charge in [-0.1, -0.05) is 6.92 Å². The summed E-state index contributed by atoms with van der Waals surface area (Å²) in [5, 5.41) is 1.62. The van der Waals surface area contributed by atoms with Gasteiger partial charge in [0.2, 0.25) is 0 Å². The van der Waals surface area contributed by atoms with E-state index < -0.39 is 15.3 Å². The van der Waals surface area contributed by atoms with Crippen molar-refractivity contribution in [3.63, 3.8) is 0 Å². The zero-order valence-corrected chi connectivity index (χ0v) is 12.8. The largest absolute Gasteiger partial charge is 0.461 e.